The molecule has 1 heterocycles. The van der Waals surface area contributed by atoms with Crippen LogP contribution in [0.5, 0.6) is 0 Å². The number of halogens is 1. The molecule has 2 fully saturated rings. The zero-order chi connectivity index (χ0) is 21.8. The van der Waals surface area contributed by atoms with Crippen LogP contribution in [0.1, 0.15) is 57.1 Å². The SMILES string of the molecule is CN=C(NCc1ccccc1CN(C)C1CCCCC1)N1CCS(=O)(=O)C(C)(C)C1.I. The largest absolute Gasteiger partial charge is 0.352 e. The summed E-state index contributed by atoms with van der Waals surface area (Å²) in [6.45, 7) is 6.19. The third-order valence-corrected chi connectivity index (χ3v) is 9.26. The van der Waals surface area contributed by atoms with Crippen molar-refractivity contribution >= 4 is 39.8 Å². The van der Waals surface area contributed by atoms with Gasteiger partial charge in [0.05, 0.1) is 10.5 Å². The fraction of sp³-hybridized carbons (Fsp3) is 0.696. The predicted molar refractivity (Wildman–Crippen MR) is 140 cm³/mol. The molecule has 1 saturated carbocycles. The molecule has 0 aromatic heterocycles. The van der Waals surface area contributed by atoms with E-state index in [0.717, 1.165) is 12.5 Å². The highest BCUT2D eigenvalue weighted by Gasteiger charge is 2.40. The minimum atomic E-state index is -3.06. The van der Waals surface area contributed by atoms with Gasteiger partial charge in [-0.1, -0.05) is 43.5 Å². The quantitative estimate of drug-likeness (QED) is 0.337. The molecule has 0 bridgehead atoms. The van der Waals surface area contributed by atoms with Crippen molar-refractivity contribution in [1.29, 1.82) is 0 Å². The van der Waals surface area contributed by atoms with Crippen LogP contribution < -0.4 is 5.32 Å². The Kier molecular flexibility index (Phi) is 9.63. The van der Waals surface area contributed by atoms with E-state index in [0.29, 0.717) is 25.7 Å². The second-order valence-electron chi connectivity index (χ2n) is 9.38. The lowest BCUT2D eigenvalue weighted by Gasteiger charge is -2.39. The first-order chi connectivity index (χ1) is 14.2. The molecule has 1 aromatic rings. The maximum Gasteiger partial charge on any atom is 0.193 e. The minimum absolute atomic E-state index is 0. The second-order valence-corrected chi connectivity index (χ2v) is 12.1. The smallest absolute Gasteiger partial charge is 0.193 e. The van der Waals surface area contributed by atoms with Gasteiger partial charge < -0.3 is 10.2 Å². The molecule has 3 rings (SSSR count). The number of sulfone groups is 1. The van der Waals surface area contributed by atoms with E-state index in [9.17, 15) is 8.42 Å². The van der Waals surface area contributed by atoms with Crippen molar-refractivity contribution in [3.05, 3.63) is 35.4 Å². The average Bonchev–Trinajstić information content (AvgIpc) is 2.72. The lowest BCUT2D eigenvalue weighted by atomic mass is 9.94. The first kappa shape index (κ1) is 26.4. The fourth-order valence-corrected chi connectivity index (χ4v) is 6.00. The van der Waals surface area contributed by atoms with Crippen molar-refractivity contribution < 1.29 is 8.42 Å². The Balaban J connectivity index is 0.00000341. The molecule has 1 N–H and O–H groups in total. The van der Waals surface area contributed by atoms with Crippen molar-refractivity contribution in [3.63, 3.8) is 0 Å². The van der Waals surface area contributed by atoms with Gasteiger partial charge in [-0.2, -0.15) is 0 Å². The summed E-state index contributed by atoms with van der Waals surface area (Å²) in [5.74, 6) is 0.942. The van der Waals surface area contributed by atoms with Gasteiger partial charge in [0, 0.05) is 39.3 Å². The Bertz CT molecular complexity index is 851. The van der Waals surface area contributed by atoms with Gasteiger partial charge in [0.2, 0.25) is 0 Å². The van der Waals surface area contributed by atoms with Crippen LogP contribution in [-0.4, -0.2) is 67.9 Å². The molecule has 0 atom stereocenters. The summed E-state index contributed by atoms with van der Waals surface area (Å²) in [5.41, 5.74) is 2.61. The van der Waals surface area contributed by atoms with Crippen molar-refractivity contribution in [2.45, 2.75) is 69.8 Å². The van der Waals surface area contributed by atoms with Crippen molar-refractivity contribution in [1.82, 2.24) is 15.1 Å². The highest BCUT2D eigenvalue weighted by molar-refractivity contribution is 14.0. The van der Waals surface area contributed by atoms with Crippen LogP contribution in [0.15, 0.2) is 29.3 Å². The molecule has 0 radical (unpaired) electrons. The van der Waals surface area contributed by atoms with Crippen LogP contribution in [0.3, 0.4) is 0 Å². The molecular formula is C23H39IN4O2S. The van der Waals surface area contributed by atoms with Gasteiger partial charge in [0.1, 0.15) is 0 Å². The number of aliphatic imine (C=N–C) groups is 1. The highest BCUT2D eigenvalue weighted by atomic mass is 127. The van der Waals surface area contributed by atoms with E-state index in [1.54, 1.807) is 20.9 Å². The topological polar surface area (TPSA) is 65.0 Å². The van der Waals surface area contributed by atoms with E-state index in [4.69, 9.17) is 0 Å². The third kappa shape index (κ3) is 6.57. The summed E-state index contributed by atoms with van der Waals surface area (Å²) in [6, 6.07) is 9.27. The van der Waals surface area contributed by atoms with Crippen molar-refractivity contribution in [2.24, 2.45) is 4.99 Å². The normalized spacial score (nSPS) is 21.6. The maximum atomic E-state index is 12.3. The zero-order valence-electron chi connectivity index (χ0n) is 19.4. The van der Waals surface area contributed by atoms with E-state index >= 15 is 0 Å². The standard InChI is InChI=1S/C23H38N4O2S.HI/c1-23(2)18-27(14-15-30(23,28)29)22(24-3)25-16-19-10-8-9-11-20(19)17-26(4)21-12-6-5-7-13-21;/h8-11,21H,5-7,12-18H2,1-4H3,(H,24,25);1H. The Morgan fingerprint density at radius 1 is 1.19 bits per heavy atom. The van der Waals surface area contributed by atoms with Crippen LogP contribution in [0.4, 0.5) is 0 Å². The molecular weight excluding hydrogens is 523 g/mol. The van der Waals surface area contributed by atoms with Gasteiger partial charge in [-0.05, 0) is 44.9 Å². The minimum Gasteiger partial charge on any atom is -0.352 e. The number of nitrogens with zero attached hydrogens (tertiary/aromatic N) is 3. The highest BCUT2D eigenvalue weighted by Crippen LogP contribution is 2.25. The van der Waals surface area contributed by atoms with E-state index in [1.165, 1.54) is 43.2 Å². The number of benzene rings is 1. The van der Waals surface area contributed by atoms with E-state index < -0.39 is 14.6 Å². The van der Waals surface area contributed by atoms with Gasteiger partial charge >= 0.3 is 0 Å². The number of hydrogen-bond donors (Lipinski definition) is 1. The van der Waals surface area contributed by atoms with Crippen LogP contribution in [0.25, 0.3) is 0 Å². The maximum absolute atomic E-state index is 12.3. The third-order valence-electron chi connectivity index (χ3n) is 6.73. The summed E-state index contributed by atoms with van der Waals surface area (Å²) in [7, 11) is 0.947. The Hall–Kier alpha value is -0.870. The Morgan fingerprint density at radius 3 is 2.45 bits per heavy atom. The van der Waals surface area contributed by atoms with Crippen molar-refractivity contribution in [2.75, 3.05) is 32.9 Å². The van der Waals surface area contributed by atoms with E-state index in [1.807, 2.05) is 0 Å². The van der Waals surface area contributed by atoms with Gasteiger partial charge in [0.15, 0.2) is 15.8 Å². The van der Waals surface area contributed by atoms with Crippen LogP contribution in [0.2, 0.25) is 0 Å². The summed E-state index contributed by atoms with van der Waals surface area (Å²) in [5, 5.41) is 3.48. The second kappa shape index (κ2) is 11.3. The van der Waals surface area contributed by atoms with Crippen molar-refractivity contribution in [3.8, 4) is 0 Å². The molecule has 1 aromatic carbocycles. The number of guanidine groups is 1. The molecule has 0 spiro atoms. The van der Waals surface area contributed by atoms with Gasteiger partial charge in [-0.25, -0.2) is 8.42 Å². The molecule has 8 heteroatoms. The van der Waals surface area contributed by atoms with Crippen LogP contribution in [-0.2, 0) is 22.9 Å². The molecule has 6 nitrogen and oxygen atoms in total. The molecule has 0 unspecified atom stereocenters. The zero-order valence-corrected chi connectivity index (χ0v) is 22.6. The van der Waals surface area contributed by atoms with Gasteiger partial charge in [-0.15, -0.1) is 24.0 Å². The lowest BCUT2D eigenvalue weighted by molar-refractivity contribution is 0.184. The Labute approximate surface area is 205 Å². The fourth-order valence-electron chi connectivity index (χ4n) is 4.63. The number of nitrogens with one attached hydrogen (secondary N) is 1. The summed E-state index contributed by atoms with van der Waals surface area (Å²) < 4.78 is 23.9. The van der Waals surface area contributed by atoms with Gasteiger partial charge in [-0.3, -0.25) is 9.89 Å². The average molecular weight is 563 g/mol. The summed E-state index contributed by atoms with van der Waals surface area (Å²) in [4.78, 5) is 9.00. The molecule has 2 aliphatic rings. The van der Waals surface area contributed by atoms with E-state index in [2.05, 4.69) is 51.4 Å². The molecule has 0 amide bonds. The van der Waals surface area contributed by atoms with E-state index in [-0.39, 0.29) is 29.7 Å². The van der Waals surface area contributed by atoms with Crippen LogP contribution >= 0.6 is 24.0 Å². The first-order valence-electron chi connectivity index (χ1n) is 11.2. The molecule has 1 saturated heterocycles. The molecule has 176 valence electrons. The van der Waals surface area contributed by atoms with Crippen LogP contribution in [0, 0.1) is 0 Å². The Morgan fingerprint density at radius 2 is 1.84 bits per heavy atom. The summed E-state index contributed by atoms with van der Waals surface area (Å²) in [6.07, 6.45) is 6.67. The first-order valence-corrected chi connectivity index (χ1v) is 12.8. The predicted octanol–water partition coefficient (Wildman–Crippen LogP) is 3.65. The monoisotopic (exact) mass is 562 g/mol. The van der Waals surface area contributed by atoms with Gasteiger partial charge in [0.25, 0.3) is 0 Å². The molecule has 1 aliphatic heterocycles. The molecule has 31 heavy (non-hydrogen) atoms. The number of hydrogen-bond acceptors (Lipinski definition) is 4. The lowest BCUT2D eigenvalue weighted by Crippen LogP contribution is -2.57. The summed E-state index contributed by atoms with van der Waals surface area (Å²) >= 11 is 0. The molecule has 1 aliphatic carbocycles. The number of rotatable bonds is 5.